The van der Waals surface area contributed by atoms with E-state index in [1.54, 1.807) is 5.38 Å². The number of aromatic nitrogens is 1. The van der Waals surface area contributed by atoms with E-state index in [1.807, 2.05) is 6.92 Å². The second-order valence-electron chi connectivity index (χ2n) is 2.94. The Morgan fingerprint density at radius 3 is 2.73 bits per heavy atom. The number of anilines is 1. The van der Waals surface area contributed by atoms with Crippen LogP contribution in [-0.4, -0.2) is 28.9 Å². The Morgan fingerprint density at radius 1 is 1.60 bits per heavy atom. The van der Waals surface area contributed by atoms with Crippen molar-refractivity contribution in [3.05, 3.63) is 11.1 Å². The normalized spacial score (nSPS) is 13.9. The summed E-state index contributed by atoms with van der Waals surface area (Å²) in [5.41, 5.74) is 0.823. The summed E-state index contributed by atoms with van der Waals surface area (Å²) in [5.74, 6) is 0. The molecule has 15 heavy (non-hydrogen) atoms. The van der Waals surface area contributed by atoms with Crippen LogP contribution in [0, 0.1) is 0 Å². The van der Waals surface area contributed by atoms with Gasteiger partial charge in [0.05, 0.1) is 12.2 Å². The van der Waals surface area contributed by atoms with Crippen LogP contribution in [0.15, 0.2) is 5.38 Å². The van der Waals surface area contributed by atoms with Crippen LogP contribution in [0.5, 0.6) is 0 Å². The van der Waals surface area contributed by atoms with Gasteiger partial charge in [-0.2, -0.15) is 13.2 Å². The molecule has 0 aromatic carbocycles. The summed E-state index contributed by atoms with van der Waals surface area (Å²) in [6, 6.07) is 0. The van der Waals surface area contributed by atoms with Crippen molar-refractivity contribution < 1.29 is 18.3 Å². The number of hydrogen-bond donors (Lipinski definition) is 2. The lowest BCUT2D eigenvalue weighted by atomic mass is 10.3. The van der Waals surface area contributed by atoms with Crippen molar-refractivity contribution in [3.63, 3.8) is 0 Å². The summed E-state index contributed by atoms with van der Waals surface area (Å²) in [6.07, 6.45) is -6.20. The van der Waals surface area contributed by atoms with E-state index in [0.29, 0.717) is 5.13 Å². The first-order valence-electron chi connectivity index (χ1n) is 4.36. The highest BCUT2D eigenvalue weighted by Crippen LogP contribution is 2.21. The molecule has 1 heterocycles. The topological polar surface area (TPSA) is 45.1 Å². The molecule has 0 aliphatic heterocycles. The lowest BCUT2D eigenvalue weighted by Crippen LogP contribution is -2.34. The SMILES string of the molecule is CCc1csc(NCC(O)C(F)(F)F)n1. The third-order valence-electron chi connectivity index (χ3n) is 1.74. The summed E-state index contributed by atoms with van der Waals surface area (Å²) in [6.45, 7) is 1.34. The van der Waals surface area contributed by atoms with E-state index in [4.69, 9.17) is 5.11 Å². The monoisotopic (exact) mass is 240 g/mol. The Bertz CT molecular complexity index is 313. The molecule has 0 aliphatic carbocycles. The van der Waals surface area contributed by atoms with Crippen LogP contribution in [0.2, 0.25) is 0 Å². The molecule has 2 N–H and O–H groups in total. The Morgan fingerprint density at radius 2 is 2.27 bits per heavy atom. The Balaban J connectivity index is 2.43. The number of hydrogen-bond acceptors (Lipinski definition) is 4. The zero-order valence-corrected chi connectivity index (χ0v) is 8.82. The van der Waals surface area contributed by atoms with Gasteiger partial charge < -0.3 is 10.4 Å². The Labute approximate surface area is 89.0 Å². The van der Waals surface area contributed by atoms with E-state index in [0.717, 1.165) is 12.1 Å². The maximum absolute atomic E-state index is 11.9. The van der Waals surface area contributed by atoms with Crippen LogP contribution in [0.1, 0.15) is 12.6 Å². The fraction of sp³-hybridized carbons (Fsp3) is 0.625. The van der Waals surface area contributed by atoms with E-state index in [9.17, 15) is 13.2 Å². The second kappa shape index (κ2) is 4.80. The molecular formula is C8H11F3N2OS. The summed E-state index contributed by atoms with van der Waals surface area (Å²) < 4.78 is 35.7. The van der Waals surface area contributed by atoms with Crippen molar-refractivity contribution in [3.8, 4) is 0 Å². The lowest BCUT2D eigenvalue weighted by molar-refractivity contribution is -0.198. The second-order valence-corrected chi connectivity index (χ2v) is 3.79. The quantitative estimate of drug-likeness (QED) is 0.846. The number of thiazole rings is 1. The van der Waals surface area contributed by atoms with Gasteiger partial charge in [0.2, 0.25) is 0 Å². The third kappa shape index (κ3) is 3.67. The van der Waals surface area contributed by atoms with Crippen LogP contribution in [-0.2, 0) is 6.42 Å². The first-order valence-corrected chi connectivity index (χ1v) is 5.24. The van der Waals surface area contributed by atoms with E-state index < -0.39 is 18.8 Å². The van der Waals surface area contributed by atoms with Crippen LogP contribution < -0.4 is 5.32 Å². The average molecular weight is 240 g/mol. The van der Waals surface area contributed by atoms with E-state index in [1.165, 1.54) is 11.3 Å². The first-order chi connectivity index (χ1) is 6.93. The molecule has 86 valence electrons. The maximum Gasteiger partial charge on any atom is 0.416 e. The van der Waals surface area contributed by atoms with Gasteiger partial charge in [0, 0.05) is 5.38 Å². The van der Waals surface area contributed by atoms with Gasteiger partial charge >= 0.3 is 6.18 Å². The number of nitrogens with zero attached hydrogens (tertiary/aromatic N) is 1. The molecule has 7 heteroatoms. The van der Waals surface area contributed by atoms with Gasteiger partial charge in [0.25, 0.3) is 0 Å². The largest absolute Gasteiger partial charge is 0.416 e. The number of aryl methyl sites for hydroxylation is 1. The number of rotatable bonds is 4. The molecule has 1 rings (SSSR count). The minimum Gasteiger partial charge on any atom is -0.382 e. The van der Waals surface area contributed by atoms with E-state index in [2.05, 4.69) is 10.3 Å². The van der Waals surface area contributed by atoms with Gasteiger partial charge in [-0.05, 0) is 6.42 Å². The summed E-state index contributed by atoms with van der Waals surface area (Å²) >= 11 is 1.23. The average Bonchev–Trinajstić information content (AvgIpc) is 2.60. The molecule has 3 nitrogen and oxygen atoms in total. The summed E-state index contributed by atoms with van der Waals surface area (Å²) in [4.78, 5) is 4.01. The van der Waals surface area contributed by atoms with E-state index >= 15 is 0 Å². The molecule has 0 saturated carbocycles. The van der Waals surface area contributed by atoms with Crippen LogP contribution in [0.4, 0.5) is 18.3 Å². The van der Waals surface area contributed by atoms with Crippen LogP contribution in [0.3, 0.4) is 0 Å². The van der Waals surface area contributed by atoms with Gasteiger partial charge in [0.1, 0.15) is 0 Å². The lowest BCUT2D eigenvalue weighted by Gasteiger charge is -2.14. The van der Waals surface area contributed by atoms with Crippen LogP contribution >= 0.6 is 11.3 Å². The van der Waals surface area contributed by atoms with Gasteiger partial charge in [-0.1, -0.05) is 6.92 Å². The fourth-order valence-corrected chi connectivity index (χ4v) is 1.65. The maximum atomic E-state index is 11.9. The smallest absolute Gasteiger partial charge is 0.382 e. The third-order valence-corrected chi connectivity index (χ3v) is 2.59. The van der Waals surface area contributed by atoms with Crippen molar-refractivity contribution in [2.75, 3.05) is 11.9 Å². The molecule has 1 unspecified atom stereocenters. The molecule has 0 fully saturated rings. The number of alkyl halides is 3. The Hall–Kier alpha value is -0.820. The van der Waals surface area contributed by atoms with Crippen molar-refractivity contribution >= 4 is 16.5 Å². The number of aliphatic hydroxyl groups is 1. The number of halogens is 3. The molecule has 0 spiro atoms. The molecule has 1 atom stereocenters. The number of nitrogens with one attached hydrogen (secondary N) is 1. The van der Waals surface area contributed by atoms with Crippen molar-refractivity contribution in [1.82, 2.24) is 4.98 Å². The summed E-state index contributed by atoms with van der Waals surface area (Å²) in [5, 5.41) is 13.3. The highest BCUT2D eigenvalue weighted by Gasteiger charge is 2.37. The van der Waals surface area contributed by atoms with E-state index in [-0.39, 0.29) is 0 Å². The highest BCUT2D eigenvalue weighted by atomic mass is 32.1. The van der Waals surface area contributed by atoms with Crippen molar-refractivity contribution in [2.45, 2.75) is 25.6 Å². The number of aliphatic hydroxyl groups excluding tert-OH is 1. The Kier molecular flexibility index (Phi) is 3.92. The molecule has 0 aliphatic rings. The van der Waals surface area contributed by atoms with Crippen molar-refractivity contribution in [2.24, 2.45) is 0 Å². The molecule has 0 saturated heterocycles. The molecule has 0 bridgehead atoms. The highest BCUT2D eigenvalue weighted by molar-refractivity contribution is 7.13. The standard InChI is InChI=1S/C8H11F3N2OS/c1-2-5-4-15-7(13-5)12-3-6(14)8(9,10)11/h4,6,14H,2-3H2,1H3,(H,12,13). The van der Waals surface area contributed by atoms with Gasteiger partial charge in [-0.15, -0.1) is 11.3 Å². The minimum absolute atomic E-state index is 0.398. The van der Waals surface area contributed by atoms with Gasteiger partial charge in [-0.3, -0.25) is 0 Å². The van der Waals surface area contributed by atoms with Crippen LogP contribution in [0.25, 0.3) is 0 Å². The predicted molar refractivity (Wildman–Crippen MR) is 52.0 cm³/mol. The predicted octanol–water partition coefficient (Wildman–Crippen LogP) is 2.04. The molecular weight excluding hydrogens is 229 g/mol. The molecule has 0 amide bonds. The molecule has 1 aromatic rings. The zero-order chi connectivity index (χ0) is 11.5. The van der Waals surface area contributed by atoms with Gasteiger partial charge in [-0.25, -0.2) is 4.98 Å². The van der Waals surface area contributed by atoms with Gasteiger partial charge in [0.15, 0.2) is 11.2 Å². The summed E-state index contributed by atoms with van der Waals surface area (Å²) in [7, 11) is 0. The van der Waals surface area contributed by atoms with Crippen molar-refractivity contribution in [1.29, 1.82) is 0 Å². The minimum atomic E-state index is -4.59. The molecule has 1 aromatic heterocycles. The molecule has 0 radical (unpaired) electrons. The first kappa shape index (κ1) is 12.3. The fourth-order valence-electron chi connectivity index (χ4n) is 0.850. The zero-order valence-electron chi connectivity index (χ0n) is 8.01.